The van der Waals surface area contributed by atoms with Crippen LogP contribution in [-0.2, 0) is 16.1 Å². The van der Waals surface area contributed by atoms with Crippen molar-refractivity contribution in [1.82, 2.24) is 5.32 Å². The molecule has 2 amide bonds. The third-order valence-corrected chi connectivity index (χ3v) is 7.28. The van der Waals surface area contributed by atoms with E-state index in [0.717, 1.165) is 52.1 Å². The van der Waals surface area contributed by atoms with Crippen molar-refractivity contribution >= 4 is 23.2 Å². The summed E-state index contributed by atoms with van der Waals surface area (Å²) < 4.78 is 12.2. The Bertz CT molecular complexity index is 1400. The van der Waals surface area contributed by atoms with E-state index in [1.165, 1.54) is 26.2 Å². The third-order valence-electron chi connectivity index (χ3n) is 7.28. The zero-order chi connectivity index (χ0) is 30.8. The molecule has 0 bridgehead atoms. The number of aryl methyl sites for hydroxylation is 3. The first-order valence-electron chi connectivity index (χ1n) is 14.9. The number of carbonyl (C=O) groups excluding carboxylic acids is 2. The number of hydrogen-bond acceptors (Lipinski definition) is 5. The zero-order valence-electron chi connectivity index (χ0n) is 26.3. The van der Waals surface area contributed by atoms with Crippen LogP contribution in [-0.4, -0.2) is 18.9 Å². The van der Waals surface area contributed by atoms with E-state index in [4.69, 9.17) is 15.2 Å². The Labute approximate surface area is 251 Å². The summed E-state index contributed by atoms with van der Waals surface area (Å²) in [6.07, 6.45) is 6.19. The van der Waals surface area contributed by atoms with Gasteiger partial charge in [-0.25, -0.2) is 0 Å². The molecule has 0 heterocycles. The lowest BCUT2D eigenvalue weighted by molar-refractivity contribution is -0.121. The highest BCUT2D eigenvalue weighted by Crippen LogP contribution is 2.44. The van der Waals surface area contributed by atoms with Crippen molar-refractivity contribution in [3.05, 3.63) is 64.7 Å². The fourth-order valence-corrected chi connectivity index (χ4v) is 5.08. The predicted octanol–water partition coefficient (Wildman–Crippen LogP) is 8.23. The van der Waals surface area contributed by atoms with E-state index in [1.54, 1.807) is 7.11 Å². The molecular weight excluding hydrogens is 526 g/mol. The second-order valence-corrected chi connectivity index (χ2v) is 11.6. The van der Waals surface area contributed by atoms with Crippen molar-refractivity contribution < 1.29 is 19.1 Å². The van der Waals surface area contributed by atoms with Gasteiger partial charge < -0.3 is 25.8 Å². The average molecular weight is 574 g/mol. The first kappa shape index (κ1) is 32.5. The van der Waals surface area contributed by atoms with Crippen molar-refractivity contribution in [2.45, 2.75) is 86.6 Å². The number of methoxy groups -OCH3 is 1. The number of hydrogen-bond donors (Lipinski definition) is 3. The Hall–Kier alpha value is -4.00. The van der Waals surface area contributed by atoms with Gasteiger partial charge in [0, 0.05) is 42.4 Å². The summed E-state index contributed by atoms with van der Waals surface area (Å²) >= 11 is 0. The van der Waals surface area contributed by atoms with E-state index in [-0.39, 0.29) is 11.8 Å². The van der Waals surface area contributed by atoms with Gasteiger partial charge in [0.2, 0.25) is 11.8 Å². The van der Waals surface area contributed by atoms with Crippen LogP contribution >= 0.6 is 0 Å². The van der Waals surface area contributed by atoms with Gasteiger partial charge in [-0.1, -0.05) is 57.2 Å². The molecule has 0 radical (unpaired) electrons. The number of benzene rings is 3. The van der Waals surface area contributed by atoms with Crippen molar-refractivity contribution in [3.8, 4) is 28.4 Å². The number of ether oxygens (including phenoxy) is 2. The van der Waals surface area contributed by atoms with Crippen LogP contribution in [0.1, 0.15) is 81.5 Å². The summed E-state index contributed by atoms with van der Waals surface area (Å²) in [5.74, 6) is 2.34. The molecule has 7 heteroatoms. The first-order chi connectivity index (χ1) is 20.0. The molecule has 3 aromatic carbocycles. The molecule has 4 N–H and O–H groups in total. The predicted molar refractivity (Wildman–Crippen MR) is 172 cm³/mol. The molecular formula is C35H47N3O4. The molecule has 7 nitrogen and oxygen atoms in total. The lowest BCUT2D eigenvalue weighted by Crippen LogP contribution is -2.22. The monoisotopic (exact) mass is 573 g/mol. The number of nitrogens with two attached hydrogens (primary N) is 1. The highest BCUT2D eigenvalue weighted by atomic mass is 16.5. The number of nitrogen functional groups attached to an aromatic ring is 1. The summed E-state index contributed by atoms with van der Waals surface area (Å²) in [7, 11) is 1.60. The smallest absolute Gasteiger partial charge is 0.221 e. The fourth-order valence-electron chi connectivity index (χ4n) is 5.08. The topological polar surface area (TPSA) is 103 Å². The quantitative estimate of drug-likeness (QED) is 0.133. The molecule has 3 rings (SSSR count). The number of anilines is 2. The van der Waals surface area contributed by atoms with Crippen molar-refractivity contribution in [2.75, 3.05) is 18.2 Å². The van der Waals surface area contributed by atoms with Gasteiger partial charge in [-0.3, -0.25) is 9.59 Å². The van der Waals surface area contributed by atoms with Crippen LogP contribution in [0, 0.1) is 26.7 Å². The van der Waals surface area contributed by atoms with Crippen LogP contribution in [0.3, 0.4) is 0 Å². The number of carbonyl (C=O) groups is 2. The summed E-state index contributed by atoms with van der Waals surface area (Å²) in [6.45, 7) is 12.3. The molecule has 0 fully saturated rings. The molecule has 226 valence electrons. The number of unbranched alkanes of at least 4 members (excludes halogenated alkanes) is 3. The standard InChI is InChI=1S/C35H47N3O4/c1-22(2)12-10-8-9-11-13-33(40)37-21-27-14-15-31(32(19-27)41-7)42-35-25(5)18-28(38-26(6)39)20-30(35)29-17-23(3)16-24(4)34(29)36/h14-20,22H,8-13,21,36H2,1-7H3,(H,37,40)(H,38,39). The molecule has 0 unspecified atom stereocenters. The highest BCUT2D eigenvalue weighted by molar-refractivity contribution is 5.92. The normalized spacial score (nSPS) is 11.0. The summed E-state index contributed by atoms with van der Waals surface area (Å²) in [4.78, 5) is 24.2. The Balaban J connectivity index is 1.79. The average Bonchev–Trinajstić information content (AvgIpc) is 2.92. The third kappa shape index (κ3) is 9.26. The van der Waals surface area contributed by atoms with Crippen molar-refractivity contribution in [2.24, 2.45) is 5.92 Å². The van der Waals surface area contributed by atoms with Gasteiger partial charge in [-0.15, -0.1) is 0 Å². The maximum atomic E-state index is 12.4. The Morgan fingerprint density at radius 3 is 2.31 bits per heavy atom. The number of rotatable bonds is 14. The molecule has 0 aliphatic heterocycles. The molecule has 0 saturated carbocycles. The van der Waals surface area contributed by atoms with E-state index >= 15 is 0 Å². The van der Waals surface area contributed by atoms with Crippen molar-refractivity contribution in [3.63, 3.8) is 0 Å². The van der Waals surface area contributed by atoms with Crippen molar-refractivity contribution in [1.29, 1.82) is 0 Å². The van der Waals surface area contributed by atoms with Gasteiger partial charge in [0.15, 0.2) is 11.5 Å². The second kappa shape index (κ2) is 15.3. The van der Waals surface area contributed by atoms with Crippen LogP contribution in [0.5, 0.6) is 17.2 Å². The minimum atomic E-state index is -0.159. The van der Waals surface area contributed by atoms with Gasteiger partial charge in [0.1, 0.15) is 5.75 Å². The molecule has 0 spiro atoms. The van der Waals surface area contributed by atoms with Gasteiger partial charge in [0.05, 0.1) is 7.11 Å². The minimum absolute atomic E-state index is 0.0590. The Morgan fingerprint density at radius 1 is 0.881 bits per heavy atom. The van der Waals surface area contributed by atoms with Gasteiger partial charge in [-0.05, 0) is 80.1 Å². The SMILES string of the molecule is COc1cc(CNC(=O)CCCCCCC(C)C)ccc1Oc1c(C)cc(NC(C)=O)cc1-c1cc(C)cc(C)c1N. The first-order valence-corrected chi connectivity index (χ1v) is 14.9. The van der Waals surface area contributed by atoms with Gasteiger partial charge in [0.25, 0.3) is 0 Å². The van der Waals surface area contributed by atoms with Crippen LogP contribution in [0.2, 0.25) is 0 Å². The molecule has 3 aromatic rings. The summed E-state index contributed by atoms with van der Waals surface area (Å²) in [5, 5.41) is 5.90. The molecule has 0 aliphatic rings. The van der Waals surface area contributed by atoms with Crippen LogP contribution in [0.4, 0.5) is 11.4 Å². The molecule has 0 aliphatic carbocycles. The fraction of sp³-hybridized carbons (Fsp3) is 0.429. The number of amides is 2. The maximum absolute atomic E-state index is 12.4. The van der Waals surface area contributed by atoms with E-state index in [9.17, 15) is 9.59 Å². The van der Waals surface area contributed by atoms with Gasteiger partial charge >= 0.3 is 0 Å². The van der Waals surface area contributed by atoms with E-state index in [0.29, 0.717) is 41.6 Å². The largest absolute Gasteiger partial charge is 0.493 e. The highest BCUT2D eigenvalue weighted by Gasteiger charge is 2.19. The van der Waals surface area contributed by atoms with Crippen LogP contribution < -0.4 is 25.8 Å². The lowest BCUT2D eigenvalue weighted by atomic mass is 9.95. The van der Waals surface area contributed by atoms with E-state index in [1.807, 2.05) is 63.2 Å². The summed E-state index contributed by atoms with van der Waals surface area (Å²) in [5.41, 5.74) is 13.2. The maximum Gasteiger partial charge on any atom is 0.221 e. The summed E-state index contributed by atoms with van der Waals surface area (Å²) in [6, 6.07) is 13.5. The zero-order valence-corrected chi connectivity index (χ0v) is 26.3. The lowest BCUT2D eigenvalue weighted by Gasteiger charge is -2.20. The molecule has 0 aromatic heterocycles. The second-order valence-electron chi connectivity index (χ2n) is 11.6. The van der Waals surface area contributed by atoms with E-state index < -0.39 is 0 Å². The number of nitrogens with one attached hydrogen (secondary N) is 2. The van der Waals surface area contributed by atoms with E-state index in [2.05, 4.69) is 24.5 Å². The minimum Gasteiger partial charge on any atom is -0.493 e. The Morgan fingerprint density at radius 2 is 1.62 bits per heavy atom. The van der Waals surface area contributed by atoms with Crippen LogP contribution in [0.25, 0.3) is 11.1 Å². The van der Waals surface area contributed by atoms with Crippen LogP contribution in [0.15, 0.2) is 42.5 Å². The molecule has 42 heavy (non-hydrogen) atoms. The van der Waals surface area contributed by atoms with Gasteiger partial charge in [-0.2, -0.15) is 0 Å². The molecule has 0 saturated heterocycles. The Kier molecular flexibility index (Phi) is 11.8. The molecule has 0 atom stereocenters.